The zero-order valence-electron chi connectivity index (χ0n) is 21.0. The normalized spacial score (nSPS) is 24.1. The van der Waals surface area contributed by atoms with Gasteiger partial charge in [-0.25, -0.2) is 0 Å². The fourth-order valence-corrected chi connectivity index (χ4v) is 7.11. The molecule has 0 bridgehead atoms. The lowest BCUT2D eigenvalue weighted by atomic mass is 9.52. The quantitative estimate of drug-likeness (QED) is 0.366. The number of halogens is 5. The molecule has 0 radical (unpaired) electrons. The van der Waals surface area contributed by atoms with Crippen LogP contribution in [-0.2, 0) is 11.0 Å². The van der Waals surface area contributed by atoms with Crippen molar-refractivity contribution in [3.63, 3.8) is 0 Å². The van der Waals surface area contributed by atoms with Gasteiger partial charge >= 0.3 is 12.1 Å². The number of carboxylic acid groups (broad SMARTS) is 1. The zero-order chi connectivity index (χ0) is 28.1. The van der Waals surface area contributed by atoms with Crippen molar-refractivity contribution < 1.29 is 32.7 Å². The minimum Gasteiger partial charge on any atom is -0.481 e. The van der Waals surface area contributed by atoms with Crippen molar-refractivity contribution in [2.45, 2.75) is 76.0 Å². The number of carboxylic acids is 1. The maximum absolute atomic E-state index is 14.5. The largest absolute Gasteiger partial charge is 0.481 e. The Labute approximate surface area is 233 Å². The number of nitrogens with zero attached hydrogens (tertiary/aromatic N) is 3. The second-order valence-electron chi connectivity index (χ2n) is 10.9. The molecule has 3 fully saturated rings. The summed E-state index contributed by atoms with van der Waals surface area (Å²) < 4.78 is 44.2. The fourth-order valence-electron chi connectivity index (χ4n) is 6.50. The summed E-state index contributed by atoms with van der Waals surface area (Å²) in [7, 11) is 0. The first kappa shape index (κ1) is 28.0. The van der Waals surface area contributed by atoms with Crippen LogP contribution in [0.2, 0.25) is 10.0 Å². The van der Waals surface area contributed by atoms with E-state index >= 15 is 0 Å². The van der Waals surface area contributed by atoms with Crippen molar-refractivity contribution in [1.29, 1.82) is 0 Å². The van der Waals surface area contributed by atoms with Gasteiger partial charge in [-0.2, -0.15) is 18.3 Å². The van der Waals surface area contributed by atoms with Gasteiger partial charge in [0.2, 0.25) is 0 Å². The van der Waals surface area contributed by atoms with E-state index in [1.807, 2.05) is 0 Å². The van der Waals surface area contributed by atoms with Gasteiger partial charge in [0.25, 0.3) is 5.91 Å². The van der Waals surface area contributed by atoms with Crippen LogP contribution in [-0.4, -0.2) is 50.0 Å². The Balaban J connectivity index is 1.49. The molecule has 2 aromatic rings. The smallest absolute Gasteiger partial charge is 0.433 e. The molecule has 1 amide bonds. The maximum Gasteiger partial charge on any atom is 0.433 e. The van der Waals surface area contributed by atoms with Crippen LogP contribution in [0, 0.1) is 11.3 Å². The molecule has 1 aromatic heterocycles. The van der Waals surface area contributed by atoms with Crippen molar-refractivity contribution in [3.05, 3.63) is 51.3 Å². The Morgan fingerprint density at radius 2 is 1.69 bits per heavy atom. The molecule has 3 saturated carbocycles. The van der Waals surface area contributed by atoms with E-state index in [0.29, 0.717) is 6.42 Å². The highest BCUT2D eigenvalue weighted by atomic mass is 35.5. The molecule has 3 aliphatic rings. The minimum absolute atomic E-state index is 0.0301. The lowest BCUT2D eigenvalue weighted by Crippen LogP contribution is -2.61. The number of hydrogen-bond acceptors (Lipinski definition) is 4. The molecule has 12 heteroatoms. The van der Waals surface area contributed by atoms with Gasteiger partial charge in [0.1, 0.15) is 0 Å². The number of rotatable bonds is 7. The standard InChI is InChI=1S/C27H28Cl2F3N3O4/c28-18-3-1-4-19(29)22(18)20(36)14-34(21-9-12-26(21)10-2-11-26)24(37)17-13-33-35(23(17)27(30,31)32)16-7-5-15(6-8-16)25(38)39/h1,3-4,13,15-16,21H,2,5-12,14H2,(H,38,39)/t15?,16?,21-/m1/s1. The van der Waals surface area contributed by atoms with E-state index in [2.05, 4.69) is 5.10 Å². The molecule has 1 N–H and O–H groups in total. The molecule has 5 rings (SSSR count). The lowest BCUT2D eigenvalue weighted by molar-refractivity contribution is -0.147. The number of carbonyl (C=O) groups excluding carboxylic acids is 2. The highest BCUT2D eigenvalue weighted by Crippen LogP contribution is 2.58. The van der Waals surface area contributed by atoms with Crippen LogP contribution in [0.15, 0.2) is 24.4 Å². The number of ketones is 1. The third-order valence-corrected chi connectivity index (χ3v) is 9.48. The molecule has 0 saturated heterocycles. The van der Waals surface area contributed by atoms with Gasteiger partial charge in [-0.1, -0.05) is 35.7 Å². The van der Waals surface area contributed by atoms with Crippen molar-refractivity contribution in [1.82, 2.24) is 14.7 Å². The molecule has 1 heterocycles. The van der Waals surface area contributed by atoms with Gasteiger partial charge < -0.3 is 10.0 Å². The first-order valence-corrected chi connectivity index (χ1v) is 13.8. The second kappa shape index (κ2) is 10.4. The number of alkyl halides is 3. The van der Waals surface area contributed by atoms with Gasteiger partial charge in [0.05, 0.1) is 45.9 Å². The van der Waals surface area contributed by atoms with Crippen LogP contribution in [0.1, 0.15) is 90.2 Å². The summed E-state index contributed by atoms with van der Waals surface area (Å²) in [6.07, 6.45) is 0.998. The molecule has 1 spiro atoms. The van der Waals surface area contributed by atoms with E-state index < -0.39 is 53.6 Å². The van der Waals surface area contributed by atoms with E-state index in [9.17, 15) is 32.7 Å². The van der Waals surface area contributed by atoms with Gasteiger partial charge in [-0.15, -0.1) is 0 Å². The summed E-state index contributed by atoms with van der Waals surface area (Å²) >= 11 is 12.4. The van der Waals surface area contributed by atoms with E-state index in [1.54, 1.807) is 6.07 Å². The highest BCUT2D eigenvalue weighted by Gasteiger charge is 2.55. The Morgan fingerprint density at radius 3 is 2.18 bits per heavy atom. The second-order valence-corrected chi connectivity index (χ2v) is 11.7. The summed E-state index contributed by atoms with van der Waals surface area (Å²) in [6, 6.07) is 3.51. The Kier molecular flexibility index (Phi) is 7.47. The van der Waals surface area contributed by atoms with Crippen LogP contribution in [0.4, 0.5) is 13.2 Å². The third kappa shape index (κ3) is 5.06. The van der Waals surface area contributed by atoms with Crippen LogP contribution in [0.3, 0.4) is 0 Å². The molecule has 1 atom stereocenters. The topological polar surface area (TPSA) is 92.5 Å². The number of carbonyl (C=O) groups is 3. The van der Waals surface area contributed by atoms with Crippen LogP contribution in [0.25, 0.3) is 0 Å². The van der Waals surface area contributed by atoms with Crippen LogP contribution >= 0.6 is 23.2 Å². The van der Waals surface area contributed by atoms with Crippen molar-refractivity contribution in [2.75, 3.05) is 6.54 Å². The number of hydrogen-bond donors (Lipinski definition) is 1. The molecule has 1 aromatic carbocycles. The van der Waals surface area contributed by atoms with E-state index in [-0.39, 0.29) is 52.7 Å². The van der Waals surface area contributed by atoms with Crippen molar-refractivity contribution >= 4 is 40.9 Å². The zero-order valence-corrected chi connectivity index (χ0v) is 22.5. The average Bonchev–Trinajstić information content (AvgIpc) is 3.27. The van der Waals surface area contributed by atoms with E-state index in [0.717, 1.165) is 36.6 Å². The predicted octanol–water partition coefficient (Wildman–Crippen LogP) is 6.68. The van der Waals surface area contributed by atoms with Gasteiger partial charge in [0, 0.05) is 6.04 Å². The summed E-state index contributed by atoms with van der Waals surface area (Å²) in [4.78, 5) is 39.9. The molecule has 7 nitrogen and oxygen atoms in total. The monoisotopic (exact) mass is 585 g/mol. The first-order chi connectivity index (χ1) is 18.4. The minimum atomic E-state index is -4.89. The molecular weight excluding hydrogens is 558 g/mol. The SMILES string of the molecule is O=C(CN(C(=O)c1cnn(C2CCC(C(=O)O)CC2)c1C(F)(F)F)[C@@H]1CCC12CCC2)c1c(Cl)cccc1Cl. The Bertz CT molecular complexity index is 1270. The number of amides is 1. The average molecular weight is 586 g/mol. The Hall–Kier alpha value is -2.59. The van der Waals surface area contributed by atoms with E-state index in [4.69, 9.17) is 23.2 Å². The van der Waals surface area contributed by atoms with Gasteiger partial charge in [0.15, 0.2) is 11.5 Å². The predicted molar refractivity (Wildman–Crippen MR) is 137 cm³/mol. The van der Waals surface area contributed by atoms with Gasteiger partial charge in [-0.3, -0.25) is 19.1 Å². The molecule has 0 unspecified atom stereocenters. The van der Waals surface area contributed by atoms with Crippen molar-refractivity contribution in [3.8, 4) is 0 Å². The number of benzene rings is 1. The fraction of sp³-hybridized carbons (Fsp3) is 0.556. The van der Waals surface area contributed by atoms with Crippen LogP contribution < -0.4 is 0 Å². The Morgan fingerprint density at radius 1 is 1.05 bits per heavy atom. The molecular formula is C27H28Cl2F3N3O4. The van der Waals surface area contributed by atoms with Gasteiger partial charge in [-0.05, 0) is 68.9 Å². The molecule has 210 valence electrons. The number of Topliss-reactive ketones (excluding diaryl/α,β-unsaturated/α-hetero) is 1. The molecule has 0 aliphatic heterocycles. The highest BCUT2D eigenvalue weighted by molar-refractivity contribution is 6.40. The number of aliphatic carboxylic acids is 1. The third-order valence-electron chi connectivity index (χ3n) is 8.85. The summed E-state index contributed by atoms with van der Waals surface area (Å²) in [5.74, 6) is -3.03. The lowest BCUT2D eigenvalue weighted by Gasteiger charge is -2.59. The molecule has 3 aliphatic carbocycles. The summed E-state index contributed by atoms with van der Waals surface area (Å²) in [6.45, 7) is -0.457. The maximum atomic E-state index is 14.5. The van der Waals surface area contributed by atoms with Crippen LogP contribution in [0.5, 0.6) is 0 Å². The summed E-state index contributed by atoms with van der Waals surface area (Å²) in [5, 5.41) is 13.5. The first-order valence-electron chi connectivity index (χ1n) is 13.1. The molecule has 39 heavy (non-hydrogen) atoms. The number of aromatic nitrogens is 2. The van der Waals surface area contributed by atoms with E-state index in [1.165, 1.54) is 17.0 Å². The van der Waals surface area contributed by atoms with Crippen molar-refractivity contribution in [2.24, 2.45) is 11.3 Å². The summed E-state index contributed by atoms with van der Waals surface area (Å²) in [5.41, 5.74) is -1.93.